The smallest absolute Gasteiger partial charge is 0.306 e. The van der Waals surface area contributed by atoms with Crippen molar-refractivity contribution < 1.29 is 49.3 Å². The van der Waals surface area contributed by atoms with Crippen molar-refractivity contribution in [3.8, 4) is 0 Å². The number of ether oxygens (including phenoxy) is 3. The van der Waals surface area contributed by atoms with Gasteiger partial charge in [0.1, 0.15) is 24.4 Å². The third-order valence-electron chi connectivity index (χ3n) is 12.4. The van der Waals surface area contributed by atoms with Crippen molar-refractivity contribution in [2.24, 2.45) is 0 Å². The molecule has 11 heteroatoms. The minimum Gasteiger partial charge on any atom is -0.454 e. The minimum absolute atomic E-state index is 0.0584. The van der Waals surface area contributed by atoms with Gasteiger partial charge in [-0.3, -0.25) is 9.59 Å². The lowest BCUT2D eigenvalue weighted by molar-refractivity contribution is -0.305. The van der Waals surface area contributed by atoms with E-state index in [9.17, 15) is 35.1 Å². The fraction of sp³-hybridized carbons (Fsp3) is 0.594. The number of hydrogen-bond acceptors (Lipinski definition) is 10. The van der Waals surface area contributed by atoms with Crippen LogP contribution in [-0.2, 0) is 23.8 Å². The molecule has 0 saturated carbocycles. The molecule has 0 bridgehead atoms. The Morgan fingerprint density at radius 1 is 0.547 bits per heavy atom. The number of unbranched alkanes of at least 4 members (excludes halogenated alkanes) is 14. The zero-order chi connectivity index (χ0) is 54.7. The third kappa shape index (κ3) is 38.7. The Bertz CT molecular complexity index is 1770. The zero-order valence-corrected chi connectivity index (χ0v) is 46.3. The van der Waals surface area contributed by atoms with Crippen LogP contribution in [0.25, 0.3) is 0 Å². The number of carbonyl (C=O) groups excluding carboxylic acids is 2. The summed E-state index contributed by atoms with van der Waals surface area (Å²) in [5.41, 5.74) is 0. The van der Waals surface area contributed by atoms with Crippen LogP contribution < -0.4 is 5.32 Å². The van der Waals surface area contributed by atoms with Gasteiger partial charge in [0, 0.05) is 6.42 Å². The molecule has 1 aliphatic rings. The maximum Gasteiger partial charge on any atom is 0.306 e. The van der Waals surface area contributed by atoms with Crippen LogP contribution in [-0.4, -0.2) is 99.6 Å². The molecular weight excluding hydrogens is 943 g/mol. The molecule has 8 atom stereocenters. The van der Waals surface area contributed by atoms with E-state index in [1.54, 1.807) is 6.08 Å². The highest BCUT2D eigenvalue weighted by atomic mass is 16.7. The van der Waals surface area contributed by atoms with E-state index >= 15 is 0 Å². The summed E-state index contributed by atoms with van der Waals surface area (Å²) in [6, 6.07) is -1.06. The maximum atomic E-state index is 13.4. The molecule has 0 spiro atoms. The molecule has 6 N–H and O–H groups in total. The molecule has 8 unspecified atom stereocenters. The predicted molar refractivity (Wildman–Crippen MR) is 310 cm³/mol. The first-order valence-electron chi connectivity index (χ1n) is 28.7. The van der Waals surface area contributed by atoms with Gasteiger partial charge in [0.2, 0.25) is 5.91 Å². The van der Waals surface area contributed by atoms with E-state index in [1.807, 2.05) is 66.8 Å². The van der Waals surface area contributed by atoms with Gasteiger partial charge in [0.15, 0.2) is 12.4 Å². The van der Waals surface area contributed by atoms with Crippen LogP contribution in [0.2, 0.25) is 0 Å². The molecular formula is C64H101NO10. The second-order valence-electron chi connectivity index (χ2n) is 19.1. The number of rotatable bonds is 45. The van der Waals surface area contributed by atoms with Gasteiger partial charge >= 0.3 is 5.97 Å². The zero-order valence-electron chi connectivity index (χ0n) is 46.3. The van der Waals surface area contributed by atoms with Gasteiger partial charge in [-0.25, -0.2) is 0 Å². The van der Waals surface area contributed by atoms with Crippen molar-refractivity contribution in [1.29, 1.82) is 0 Å². The molecule has 422 valence electrons. The summed E-state index contributed by atoms with van der Waals surface area (Å²) in [4.78, 5) is 26.5. The van der Waals surface area contributed by atoms with E-state index in [0.29, 0.717) is 12.8 Å². The first-order valence-corrected chi connectivity index (χ1v) is 28.7. The van der Waals surface area contributed by atoms with Crippen molar-refractivity contribution >= 4 is 11.9 Å². The third-order valence-corrected chi connectivity index (χ3v) is 12.4. The molecule has 1 rings (SSSR count). The maximum absolute atomic E-state index is 13.4. The van der Waals surface area contributed by atoms with Gasteiger partial charge < -0.3 is 45.1 Å². The minimum atomic E-state index is -1.65. The van der Waals surface area contributed by atoms with Crippen molar-refractivity contribution in [2.45, 2.75) is 230 Å². The lowest BCUT2D eigenvalue weighted by atomic mass is 9.99. The van der Waals surface area contributed by atoms with E-state index in [2.05, 4.69) is 99.0 Å². The first kappa shape index (κ1) is 68.6. The summed E-state index contributed by atoms with van der Waals surface area (Å²) < 4.78 is 17.5. The number of carbonyl (C=O) groups is 2. The summed E-state index contributed by atoms with van der Waals surface area (Å²) in [6.45, 7) is 5.44. The van der Waals surface area contributed by atoms with Crippen LogP contribution in [0.15, 0.2) is 146 Å². The summed E-state index contributed by atoms with van der Waals surface area (Å²) in [5, 5.41) is 56.8. The Hall–Kier alpha value is -4.46. The molecule has 0 aromatic carbocycles. The molecule has 0 aromatic rings. The topological polar surface area (TPSA) is 175 Å². The SMILES string of the molecule is CC\C=C/C=C/C=C/C=C\C=C\C=C\CCCCCC(=O)OC1C(OCC(NC(=O)C(O)CCCC/C=C\C/C=C\C/C=C\C/C=C\C/C=C\CC)C(O)/C=C/CCCCCCCCCCC)OC(CO)C(O)C1O. The van der Waals surface area contributed by atoms with E-state index in [-0.39, 0.29) is 19.4 Å². The van der Waals surface area contributed by atoms with Crippen LogP contribution in [0.5, 0.6) is 0 Å². The Morgan fingerprint density at radius 2 is 1.03 bits per heavy atom. The van der Waals surface area contributed by atoms with E-state index in [1.165, 1.54) is 38.5 Å². The van der Waals surface area contributed by atoms with Crippen LogP contribution >= 0.6 is 0 Å². The van der Waals surface area contributed by atoms with Crippen LogP contribution in [0.3, 0.4) is 0 Å². The molecule has 1 heterocycles. The molecule has 0 aromatic heterocycles. The predicted octanol–water partition coefficient (Wildman–Crippen LogP) is 13.0. The number of allylic oxidation sites excluding steroid dienone is 23. The number of nitrogens with one attached hydrogen (secondary N) is 1. The number of aliphatic hydroxyl groups is 5. The summed E-state index contributed by atoms with van der Waals surface area (Å²) in [6.07, 6.45) is 61.7. The van der Waals surface area contributed by atoms with Gasteiger partial charge in [-0.2, -0.15) is 0 Å². The average molecular weight is 1040 g/mol. The van der Waals surface area contributed by atoms with Gasteiger partial charge in [-0.05, 0) is 89.9 Å². The van der Waals surface area contributed by atoms with Crippen molar-refractivity contribution in [3.05, 3.63) is 146 Å². The molecule has 0 aliphatic carbocycles. The van der Waals surface area contributed by atoms with E-state index < -0.39 is 67.4 Å². The fourth-order valence-electron chi connectivity index (χ4n) is 7.88. The Kier molecular flexibility index (Phi) is 46.0. The lowest BCUT2D eigenvalue weighted by Crippen LogP contribution is -2.61. The van der Waals surface area contributed by atoms with Crippen LogP contribution in [0, 0.1) is 0 Å². The molecule has 75 heavy (non-hydrogen) atoms. The second kappa shape index (κ2) is 50.4. The highest BCUT2D eigenvalue weighted by Crippen LogP contribution is 2.26. The Morgan fingerprint density at radius 3 is 1.60 bits per heavy atom. The number of esters is 1. The van der Waals surface area contributed by atoms with Crippen LogP contribution in [0.4, 0.5) is 0 Å². The number of hydrogen-bond donors (Lipinski definition) is 6. The standard InChI is InChI=1S/C64H101NO10/c1-4-7-10-13-16-19-22-24-26-28-30-31-33-36-39-42-45-48-51-57(68)63(72)65-55(56(67)50-47-44-41-38-35-21-18-15-12-9-6-3)54-73-64-62(61(71)60(70)58(53-66)74-64)75-59(69)52-49-46-43-40-37-34-32-29-27-25-23-20-17-14-11-8-5-2/h7-8,10-11,14,16-17,19-20,23-27,29-32,34,36-37,39,47,50,55-58,60-62,64,66-68,70-71H,4-6,9,12-13,15,18,21-22,28,33,35,38,40-46,48-49,51-54H2,1-3H3,(H,65,72)/b10-7-,11-8-,17-14+,19-16-,23-20+,26-24-,27-25-,31-30-,32-29+,37-34+,39-36-,50-47+. The first-order chi connectivity index (χ1) is 36.7. The largest absolute Gasteiger partial charge is 0.454 e. The molecule has 1 saturated heterocycles. The van der Waals surface area contributed by atoms with E-state index in [0.717, 1.165) is 96.3 Å². The highest BCUT2D eigenvalue weighted by Gasteiger charge is 2.47. The number of amides is 1. The normalized spacial score (nSPS) is 20.3. The summed E-state index contributed by atoms with van der Waals surface area (Å²) >= 11 is 0. The molecule has 1 fully saturated rings. The highest BCUT2D eigenvalue weighted by molar-refractivity contribution is 5.80. The summed E-state index contributed by atoms with van der Waals surface area (Å²) in [7, 11) is 0. The van der Waals surface area contributed by atoms with Crippen LogP contribution in [0.1, 0.15) is 181 Å². The quantitative estimate of drug-likeness (QED) is 0.0149. The molecule has 1 aliphatic heterocycles. The Labute approximate surface area is 454 Å². The van der Waals surface area contributed by atoms with Gasteiger partial charge in [-0.1, -0.05) is 231 Å². The molecule has 0 radical (unpaired) electrons. The molecule has 1 amide bonds. The Balaban J connectivity index is 2.79. The van der Waals surface area contributed by atoms with Gasteiger partial charge in [-0.15, -0.1) is 0 Å². The van der Waals surface area contributed by atoms with E-state index in [4.69, 9.17) is 14.2 Å². The molecule has 11 nitrogen and oxygen atoms in total. The van der Waals surface area contributed by atoms with Crippen molar-refractivity contribution in [3.63, 3.8) is 0 Å². The lowest BCUT2D eigenvalue weighted by Gasteiger charge is -2.41. The van der Waals surface area contributed by atoms with Gasteiger partial charge in [0.25, 0.3) is 0 Å². The second-order valence-corrected chi connectivity index (χ2v) is 19.1. The summed E-state index contributed by atoms with van der Waals surface area (Å²) in [5.74, 6) is -1.29. The van der Waals surface area contributed by atoms with Crippen molar-refractivity contribution in [1.82, 2.24) is 5.32 Å². The fourth-order valence-corrected chi connectivity index (χ4v) is 7.88. The average Bonchev–Trinajstić information content (AvgIpc) is 3.41. The monoisotopic (exact) mass is 1040 g/mol. The van der Waals surface area contributed by atoms with Crippen molar-refractivity contribution in [2.75, 3.05) is 13.2 Å². The van der Waals surface area contributed by atoms with Gasteiger partial charge in [0.05, 0.1) is 25.4 Å². The number of aliphatic hydroxyl groups excluding tert-OH is 5.